The minimum absolute atomic E-state index is 0.00503. The molecule has 0 aromatic heterocycles. The fraction of sp³-hybridized carbons (Fsp3) is 0.611. The lowest BCUT2D eigenvalue weighted by Gasteiger charge is -2.35. The molecule has 0 aliphatic carbocycles. The van der Waals surface area contributed by atoms with Crippen molar-refractivity contribution in [1.82, 2.24) is 10.6 Å². The molecule has 2 amide bonds. The minimum Gasteiger partial charge on any atom is -0.393 e. The first-order valence-corrected chi connectivity index (χ1v) is 8.67. The van der Waals surface area contributed by atoms with Crippen LogP contribution < -0.4 is 15.5 Å². The molecule has 2 rings (SSSR count). The Hall–Kier alpha value is -1.82. The number of hydrogen-bond acceptors (Lipinski definition) is 3. The highest BCUT2D eigenvalue weighted by Gasteiger charge is 2.23. The van der Waals surface area contributed by atoms with Crippen molar-refractivity contribution < 1.29 is 14.3 Å². The zero-order valence-electron chi connectivity index (χ0n) is 14.5. The highest BCUT2D eigenvalue weighted by Crippen LogP contribution is 2.22. The van der Waals surface area contributed by atoms with Crippen LogP contribution in [-0.2, 0) is 0 Å². The third-order valence-electron chi connectivity index (χ3n) is 4.30. The van der Waals surface area contributed by atoms with Gasteiger partial charge in [-0.05, 0) is 44.2 Å². The number of aliphatic hydroxyl groups is 1. The Bertz CT molecular complexity index is 539. The smallest absolute Gasteiger partial charge is 0.315 e. The molecule has 6 heteroatoms. The summed E-state index contributed by atoms with van der Waals surface area (Å²) in [6, 6.07) is 6.54. The van der Waals surface area contributed by atoms with E-state index in [0.29, 0.717) is 25.2 Å². The van der Waals surface area contributed by atoms with Crippen LogP contribution in [0.15, 0.2) is 24.3 Å². The van der Waals surface area contributed by atoms with Crippen molar-refractivity contribution in [3.05, 3.63) is 30.1 Å². The van der Waals surface area contributed by atoms with Gasteiger partial charge in [-0.25, -0.2) is 9.18 Å². The van der Waals surface area contributed by atoms with Crippen molar-refractivity contribution in [2.75, 3.05) is 24.5 Å². The van der Waals surface area contributed by atoms with E-state index >= 15 is 0 Å². The van der Waals surface area contributed by atoms with E-state index in [-0.39, 0.29) is 29.9 Å². The first-order valence-electron chi connectivity index (χ1n) is 8.67. The maximum atomic E-state index is 13.9. The van der Waals surface area contributed by atoms with E-state index in [4.69, 9.17) is 0 Å². The number of aliphatic hydroxyl groups excluding tert-OH is 1. The van der Waals surface area contributed by atoms with Gasteiger partial charge in [0, 0.05) is 25.7 Å². The Morgan fingerprint density at radius 3 is 2.88 bits per heavy atom. The fourth-order valence-electron chi connectivity index (χ4n) is 3.19. The zero-order chi connectivity index (χ0) is 17.5. The molecule has 0 radical (unpaired) electrons. The molecular formula is C18H28FN3O2. The lowest BCUT2D eigenvalue weighted by Crippen LogP contribution is -2.51. The lowest BCUT2D eigenvalue weighted by molar-refractivity contribution is 0.163. The van der Waals surface area contributed by atoms with Crippen LogP contribution in [0.3, 0.4) is 0 Å². The number of halogens is 1. The first kappa shape index (κ1) is 18.5. The van der Waals surface area contributed by atoms with Gasteiger partial charge < -0.3 is 20.6 Å². The summed E-state index contributed by atoms with van der Waals surface area (Å²) in [5.74, 6) is -0.00781. The van der Waals surface area contributed by atoms with Crippen LogP contribution in [0.5, 0.6) is 0 Å². The maximum Gasteiger partial charge on any atom is 0.315 e. The van der Waals surface area contributed by atoms with Crippen LogP contribution in [0.4, 0.5) is 14.9 Å². The van der Waals surface area contributed by atoms with Gasteiger partial charge in [-0.3, -0.25) is 0 Å². The summed E-state index contributed by atoms with van der Waals surface area (Å²) < 4.78 is 13.9. The number of para-hydroxylation sites is 1. The number of piperidine rings is 1. The predicted molar refractivity (Wildman–Crippen MR) is 93.6 cm³/mol. The molecule has 1 saturated heterocycles. The maximum absolute atomic E-state index is 13.9. The van der Waals surface area contributed by atoms with Crippen LogP contribution >= 0.6 is 0 Å². The van der Waals surface area contributed by atoms with E-state index in [2.05, 4.69) is 10.6 Å². The molecule has 1 fully saturated rings. The van der Waals surface area contributed by atoms with Gasteiger partial charge in [0.15, 0.2) is 0 Å². The predicted octanol–water partition coefficient (Wildman–Crippen LogP) is 2.50. The zero-order valence-corrected chi connectivity index (χ0v) is 14.5. The van der Waals surface area contributed by atoms with Gasteiger partial charge in [-0.15, -0.1) is 0 Å². The molecule has 24 heavy (non-hydrogen) atoms. The monoisotopic (exact) mass is 337 g/mol. The number of amides is 2. The minimum atomic E-state index is -0.363. The third kappa shape index (κ3) is 5.67. The number of urea groups is 1. The van der Waals surface area contributed by atoms with Crippen LogP contribution in [0.25, 0.3) is 0 Å². The number of nitrogens with zero attached hydrogens (tertiary/aromatic N) is 1. The summed E-state index contributed by atoms with van der Waals surface area (Å²) in [5.41, 5.74) is 0.593. The van der Waals surface area contributed by atoms with Gasteiger partial charge in [0.2, 0.25) is 0 Å². The first-order chi connectivity index (χ1) is 11.5. The fourth-order valence-corrected chi connectivity index (χ4v) is 3.19. The molecular weight excluding hydrogens is 309 g/mol. The van der Waals surface area contributed by atoms with E-state index in [1.165, 1.54) is 6.07 Å². The Morgan fingerprint density at radius 2 is 2.17 bits per heavy atom. The van der Waals surface area contributed by atoms with Crippen molar-refractivity contribution in [2.45, 2.75) is 45.3 Å². The summed E-state index contributed by atoms with van der Waals surface area (Å²) in [5, 5.41) is 15.2. The molecule has 1 aliphatic heterocycles. The molecule has 3 unspecified atom stereocenters. The lowest BCUT2D eigenvalue weighted by atomic mass is 10.0. The SMILES string of the molecule is CC(O)CC(C)CNC(=O)NC1CCCN(c2ccccc2F)C1. The normalized spacial score (nSPS) is 20.3. The van der Waals surface area contributed by atoms with E-state index in [1.807, 2.05) is 17.9 Å². The topological polar surface area (TPSA) is 64.6 Å². The Kier molecular flexibility index (Phi) is 6.85. The molecule has 1 heterocycles. The second-order valence-corrected chi connectivity index (χ2v) is 6.78. The molecule has 0 spiro atoms. The Labute approximate surface area is 143 Å². The molecule has 1 aromatic rings. The van der Waals surface area contributed by atoms with Gasteiger partial charge in [-0.1, -0.05) is 19.1 Å². The summed E-state index contributed by atoms with van der Waals surface area (Å²) in [6.45, 7) is 5.67. The van der Waals surface area contributed by atoms with E-state index in [1.54, 1.807) is 19.1 Å². The van der Waals surface area contributed by atoms with E-state index in [9.17, 15) is 14.3 Å². The highest BCUT2D eigenvalue weighted by atomic mass is 19.1. The number of carbonyl (C=O) groups excluding carboxylic acids is 1. The second kappa shape index (κ2) is 8.87. The summed E-state index contributed by atoms with van der Waals surface area (Å²) in [7, 11) is 0. The van der Waals surface area contributed by atoms with Crippen LogP contribution in [0.1, 0.15) is 33.1 Å². The molecule has 3 atom stereocenters. The van der Waals surface area contributed by atoms with Gasteiger partial charge in [0.05, 0.1) is 11.8 Å². The number of rotatable bonds is 6. The molecule has 1 aromatic carbocycles. The number of benzene rings is 1. The van der Waals surface area contributed by atoms with Crippen molar-refractivity contribution in [2.24, 2.45) is 5.92 Å². The van der Waals surface area contributed by atoms with Crippen molar-refractivity contribution in [1.29, 1.82) is 0 Å². The van der Waals surface area contributed by atoms with Crippen molar-refractivity contribution in [3.8, 4) is 0 Å². The van der Waals surface area contributed by atoms with Crippen LogP contribution in [0.2, 0.25) is 0 Å². The van der Waals surface area contributed by atoms with Crippen molar-refractivity contribution in [3.63, 3.8) is 0 Å². The average molecular weight is 337 g/mol. The quantitative estimate of drug-likeness (QED) is 0.747. The summed E-state index contributed by atoms with van der Waals surface area (Å²) >= 11 is 0. The summed E-state index contributed by atoms with van der Waals surface area (Å²) in [6.07, 6.45) is 2.10. The number of carbonyl (C=O) groups is 1. The van der Waals surface area contributed by atoms with Crippen LogP contribution in [-0.4, -0.2) is 42.9 Å². The molecule has 0 saturated carbocycles. The van der Waals surface area contributed by atoms with E-state index in [0.717, 1.165) is 19.4 Å². The molecule has 0 bridgehead atoms. The van der Waals surface area contributed by atoms with Gasteiger partial charge in [0.25, 0.3) is 0 Å². The highest BCUT2D eigenvalue weighted by molar-refractivity contribution is 5.74. The largest absolute Gasteiger partial charge is 0.393 e. The summed E-state index contributed by atoms with van der Waals surface area (Å²) in [4.78, 5) is 14.0. The molecule has 1 aliphatic rings. The second-order valence-electron chi connectivity index (χ2n) is 6.78. The standard InChI is InChI=1S/C18H28FN3O2/c1-13(10-14(2)23)11-20-18(24)21-15-6-5-9-22(12-15)17-8-4-3-7-16(17)19/h3-4,7-8,13-15,23H,5-6,9-12H2,1-2H3,(H2,20,21,24). The van der Waals surface area contributed by atoms with Gasteiger partial charge in [0.1, 0.15) is 5.82 Å². The Morgan fingerprint density at radius 1 is 1.42 bits per heavy atom. The van der Waals surface area contributed by atoms with E-state index < -0.39 is 0 Å². The molecule has 3 N–H and O–H groups in total. The van der Waals surface area contributed by atoms with Gasteiger partial charge in [-0.2, -0.15) is 0 Å². The van der Waals surface area contributed by atoms with Gasteiger partial charge >= 0.3 is 6.03 Å². The van der Waals surface area contributed by atoms with Crippen molar-refractivity contribution >= 4 is 11.7 Å². The number of hydrogen-bond donors (Lipinski definition) is 3. The molecule has 134 valence electrons. The van der Waals surface area contributed by atoms with Crippen LogP contribution in [0, 0.1) is 11.7 Å². The molecule has 5 nitrogen and oxygen atoms in total. The Balaban J connectivity index is 1.80. The third-order valence-corrected chi connectivity index (χ3v) is 4.30. The number of anilines is 1. The number of nitrogens with one attached hydrogen (secondary N) is 2. The average Bonchev–Trinajstić information content (AvgIpc) is 2.53.